The minimum Gasteiger partial charge on any atom is -0.486 e. The first kappa shape index (κ1) is 19.5. The van der Waals surface area contributed by atoms with Gasteiger partial charge >= 0.3 is 0 Å². The van der Waals surface area contributed by atoms with Gasteiger partial charge in [0.2, 0.25) is 0 Å². The van der Waals surface area contributed by atoms with Gasteiger partial charge in [-0.15, -0.1) is 12.4 Å². The lowest BCUT2D eigenvalue weighted by atomic mass is 9.84. The lowest BCUT2D eigenvalue weighted by Gasteiger charge is -2.27. The number of amides is 1. The standard InChI is InChI=1S/C19H24N4O3.ClH/c1-19(2,12-3-4-15-16(9-12)26-8-7-25-15)11-21-18(24)17-13-10-20-6-5-14(13)22-23-17;/h3-4,9,20H,5-8,10-11H2,1-2H3,(H,21,24)(H,22,23);1H. The largest absolute Gasteiger partial charge is 0.486 e. The molecule has 0 spiro atoms. The van der Waals surface area contributed by atoms with Crippen LogP contribution in [0.25, 0.3) is 0 Å². The molecule has 0 saturated heterocycles. The Morgan fingerprint density at radius 3 is 2.85 bits per heavy atom. The molecule has 0 radical (unpaired) electrons. The summed E-state index contributed by atoms with van der Waals surface area (Å²) >= 11 is 0. The van der Waals surface area contributed by atoms with Crippen LogP contribution in [0.1, 0.15) is 41.2 Å². The van der Waals surface area contributed by atoms with Gasteiger partial charge in [0.1, 0.15) is 13.2 Å². The molecule has 1 aromatic carbocycles. The molecule has 0 aliphatic carbocycles. The highest BCUT2D eigenvalue weighted by Crippen LogP contribution is 2.35. The van der Waals surface area contributed by atoms with Gasteiger partial charge in [-0.1, -0.05) is 19.9 Å². The number of hydrogen-bond acceptors (Lipinski definition) is 5. The van der Waals surface area contributed by atoms with E-state index in [1.54, 1.807) is 0 Å². The van der Waals surface area contributed by atoms with Crippen molar-refractivity contribution < 1.29 is 14.3 Å². The van der Waals surface area contributed by atoms with E-state index in [1.165, 1.54) is 0 Å². The highest BCUT2D eigenvalue weighted by atomic mass is 35.5. The number of rotatable bonds is 4. The number of hydrogen-bond donors (Lipinski definition) is 3. The van der Waals surface area contributed by atoms with E-state index in [0.717, 1.165) is 41.3 Å². The van der Waals surface area contributed by atoms with Crippen LogP contribution >= 0.6 is 12.4 Å². The first-order valence-corrected chi connectivity index (χ1v) is 9.00. The fraction of sp³-hybridized carbons (Fsp3) is 0.474. The topological polar surface area (TPSA) is 88.3 Å². The van der Waals surface area contributed by atoms with E-state index >= 15 is 0 Å². The summed E-state index contributed by atoms with van der Waals surface area (Å²) in [4.78, 5) is 12.6. The van der Waals surface area contributed by atoms with Gasteiger partial charge in [0.25, 0.3) is 5.91 Å². The number of halogens is 1. The van der Waals surface area contributed by atoms with Crippen molar-refractivity contribution in [2.75, 3.05) is 26.3 Å². The fourth-order valence-corrected chi connectivity index (χ4v) is 3.36. The molecule has 0 unspecified atom stereocenters. The highest BCUT2D eigenvalue weighted by Gasteiger charge is 2.26. The maximum absolute atomic E-state index is 12.6. The van der Waals surface area contributed by atoms with E-state index in [1.807, 2.05) is 18.2 Å². The van der Waals surface area contributed by atoms with Crippen molar-refractivity contribution in [3.05, 3.63) is 40.7 Å². The Kier molecular flexibility index (Phi) is 5.62. The molecule has 4 rings (SSSR count). The molecule has 1 aromatic heterocycles. The van der Waals surface area contributed by atoms with E-state index in [9.17, 15) is 4.79 Å². The van der Waals surface area contributed by atoms with Crippen molar-refractivity contribution >= 4 is 18.3 Å². The number of nitrogens with zero attached hydrogens (tertiary/aromatic N) is 1. The quantitative estimate of drug-likeness (QED) is 0.740. The predicted molar refractivity (Wildman–Crippen MR) is 104 cm³/mol. The molecule has 7 nitrogen and oxygen atoms in total. The Labute approximate surface area is 164 Å². The summed E-state index contributed by atoms with van der Waals surface area (Å²) in [6, 6.07) is 5.96. The zero-order valence-corrected chi connectivity index (χ0v) is 16.4. The number of carbonyl (C=O) groups excluding carboxylic acids is 1. The molecule has 0 bridgehead atoms. The Morgan fingerprint density at radius 1 is 1.26 bits per heavy atom. The molecule has 2 aliphatic heterocycles. The average molecular weight is 393 g/mol. The van der Waals surface area contributed by atoms with E-state index in [2.05, 4.69) is 34.7 Å². The molecular formula is C19H25ClN4O3. The molecule has 3 N–H and O–H groups in total. The number of aromatic amines is 1. The smallest absolute Gasteiger partial charge is 0.272 e. The van der Waals surface area contributed by atoms with Crippen molar-refractivity contribution in [2.24, 2.45) is 0 Å². The maximum atomic E-state index is 12.6. The minimum absolute atomic E-state index is 0. The minimum atomic E-state index is -0.250. The molecule has 0 atom stereocenters. The summed E-state index contributed by atoms with van der Waals surface area (Å²) in [5.74, 6) is 1.40. The maximum Gasteiger partial charge on any atom is 0.272 e. The van der Waals surface area contributed by atoms with Crippen LogP contribution in [0.5, 0.6) is 11.5 Å². The van der Waals surface area contributed by atoms with Crippen molar-refractivity contribution in [1.29, 1.82) is 0 Å². The van der Waals surface area contributed by atoms with Crippen LogP contribution < -0.4 is 20.1 Å². The van der Waals surface area contributed by atoms with Crippen molar-refractivity contribution in [3.8, 4) is 11.5 Å². The van der Waals surface area contributed by atoms with Crippen LogP contribution in [0.4, 0.5) is 0 Å². The second-order valence-electron chi connectivity index (χ2n) is 7.38. The molecule has 146 valence electrons. The summed E-state index contributed by atoms with van der Waals surface area (Å²) in [5.41, 5.74) is 3.36. The van der Waals surface area contributed by atoms with Crippen molar-refractivity contribution in [2.45, 2.75) is 32.2 Å². The van der Waals surface area contributed by atoms with E-state index in [-0.39, 0.29) is 23.7 Å². The molecule has 1 amide bonds. The van der Waals surface area contributed by atoms with Crippen LogP contribution in [0, 0.1) is 0 Å². The van der Waals surface area contributed by atoms with Gasteiger partial charge in [-0.2, -0.15) is 5.10 Å². The van der Waals surface area contributed by atoms with E-state index < -0.39 is 0 Å². The van der Waals surface area contributed by atoms with Gasteiger partial charge in [0.15, 0.2) is 17.2 Å². The van der Waals surface area contributed by atoms with E-state index in [4.69, 9.17) is 9.47 Å². The third kappa shape index (κ3) is 3.89. The second-order valence-corrected chi connectivity index (χ2v) is 7.38. The summed E-state index contributed by atoms with van der Waals surface area (Å²) in [5, 5.41) is 13.5. The summed E-state index contributed by atoms with van der Waals surface area (Å²) in [7, 11) is 0. The van der Waals surface area contributed by atoms with Gasteiger partial charge in [0, 0.05) is 42.7 Å². The van der Waals surface area contributed by atoms with Crippen LogP contribution in [-0.4, -0.2) is 42.4 Å². The second kappa shape index (κ2) is 7.78. The number of aromatic nitrogens is 2. The molecule has 0 fully saturated rings. The van der Waals surface area contributed by atoms with Gasteiger partial charge in [-0.3, -0.25) is 9.89 Å². The van der Waals surface area contributed by atoms with Crippen molar-refractivity contribution in [1.82, 2.24) is 20.8 Å². The van der Waals surface area contributed by atoms with E-state index in [0.29, 0.717) is 32.0 Å². The Hall–Kier alpha value is -2.25. The lowest BCUT2D eigenvalue weighted by Crippen LogP contribution is -2.37. The van der Waals surface area contributed by atoms with Crippen LogP contribution in [0.2, 0.25) is 0 Å². The molecule has 8 heteroatoms. The SMILES string of the molecule is CC(C)(CNC(=O)c1n[nH]c2c1CNCC2)c1ccc2c(c1)OCCO2.Cl. The van der Waals surface area contributed by atoms with Gasteiger partial charge in [-0.25, -0.2) is 0 Å². The summed E-state index contributed by atoms with van der Waals surface area (Å²) < 4.78 is 11.3. The fourth-order valence-electron chi connectivity index (χ4n) is 3.36. The van der Waals surface area contributed by atoms with Crippen LogP contribution in [0.15, 0.2) is 18.2 Å². The number of ether oxygens (including phenoxy) is 2. The summed E-state index contributed by atoms with van der Waals surface area (Å²) in [6.45, 7) is 7.43. The normalized spacial score (nSPS) is 15.5. The lowest BCUT2D eigenvalue weighted by molar-refractivity contribution is 0.0939. The average Bonchev–Trinajstić information content (AvgIpc) is 3.10. The number of nitrogens with one attached hydrogen (secondary N) is 3. The molecule has 0 saturated carbocycles. The zero-order valence-electron chi connectivity index (χ0n) is 15.6. The molecule has 2 aliphatic rings. The highest BCUT2D eigenvalue weighted by molar-refractivity contribution is 5.94. The van der Waals surface area contributed by atoms with Gasteiger partial charge < -0.3 is 20.1 Å². The third-order valence-electron chi connectivity index (χ3n) is 5.04. The Morgan fingerprint density at radius 2 is 2.04 bits per heavy atom. The third-order valence-corrected chi connectivity index (χ3v) is 5.04. The van der Waals surface area contributed by atoms with Gasteiger partial charge in [0.05, 0.1) is 0 Å². The Balaban J connectivity index is 0.00000210. The first-order chi connectivity index (χ1) is 12.5. The molecule has 3 heterocycles. The van der Waals surface area contributed by atoms with Crippen molar-refractivity contribution in [3.63, 3.8) is 0 Å². The number of H-pyrrole nitrogens is 1. The predicted octanol–water partition coefficient (Wildman–Crippen LogP) is 1.96. The van der Waals surface area contributed by atoms with Gasteiger partial charge in [-0.05, 0) is 17.7 Å². The molecular weight excluding hydrogens is 368 g/mol. The Bertz CT molecular complexity index is 834. The molecule has 2 aromatic rings. The zero-order chi connectivity index (χ0) is 18.1. The number of benzene rings is 1. The monoisotopic (exact) mass is 392 g/mol. The first-order valence-electron chi connectivity index (χ1n) is 9.00. The summed E-state index contributed by atoms with van der Waals surface area (Å²) in [6.07, 6.45) is 0.873. The number of carbonyl (C=O) groups is 1. The number of fused-ring (bicyclic) bond motifs is 2. The van der Waals surface area contributed by atoms with Crippen LogP contribution in [0.3, 0.4) is 0 Å². The van der Waals surface area contributed by atoms with Crippen LogP contribution in [-0.2, 0) is 18.4 Å². The molecule has 27 heavy (non-hydrogen) atoms.